The third-order valence-electron chi connectivity index (χ3n) is 2.55. The van der Waals surface area contributed by atoms with Crippen LogP contribution in [0.2, 0.25) is 0 Å². The quantitative estimate of drug-likeness (QED) is 0.617. The van der Waals surface area contributed by atoms with Gasteiger partial charge in [0.1, 0.15) is 13.2 Å². The van der Waals surface area contributed by atoms with Crippen molar-refractivity contribution in [2.24, 2.45) is 0 Å². The highest BCUT2D eigenvalue weighted by Gasteiger charge is 2.35. The molecule has 2 N–H and O–H groups in total. The molecule has 0 saturated carbocycles. The summed E-state index contributed by atoms with van der Waals surface area (Å²) in [5.74, 6) is 0. The first kappa shape index (κ1) is 15.5. The molecule has 17 heavy (non-hydrogen) atoms. The number of hydrogen-bond acceptors (Lipinski definition) is 4. The molecule has 0 atom stereocenters. The van der Waals surface area contributed by atoms with Crippen LogP contribution in [0.5, 0.6) is 0 Å². The lowest BCUT2D eigenvalue weighted by atomic mass is 10.1. The van der Waals surface area contributed by atoms with Crippen LogP contribution in [0.25, 0.3) is 0 Å². The Morgan fingerprint density at radius 2 is 1.53 bits per heavy atom. The van der Waals surface area contributed by atoms with E-state index in [-0.39, 0.29) is 0 Å². The van der Waals surface area contributed by atoms with E-state index in [1.807, 2.05) is 0 Å². The van der Waals surface area contributed by atoms with Crippen molar-refractivity contribution in [3.8, 4) is 0 Å². The van der Waals surface area contributed by atoms with Crippen LogP contribution in [-0.4, -0.2) is 33.9 Å². The van der Waals surface area contributed by atoms with Crippen molar-refractivity contribution in [2.45, 2.75) is 26.3 Å². The molecule has 0 aromatic heterocycles. The van der Waals surface area contributed by atoms with Crippen molar-refractivity contribution < 1.29 is 15.1 Å². The average Bonchev–Trinajstić information content (AvgIpc) is 2.32. The maximum absolute atomic E-state index is 9.97. The molecule has 0 fully saturated rings. The monoisotopic (exact) mass is 241 g/mol. The highest BCUT2D eigenvalue weighted by atomic mass is 16.6. The number of aryl methyl sites for hydroxylation is 2. The summed E-state index contributed by atoms with van der Waals surface area (Å²) in [4.78, 5) is 9.27. The maximum atomic E-state index is 9.97. The Bertz CT molecular complexity index is 340. The van der Waals surface area contributed by atoms with Crippen LogP contribution >= 0.6 is 0 Å². The molecular weight excluding hydrogens is 222 g/mol. The van der Waals surface area contributed by atoms with Gasteiger partial charge in [0.25, 0.3) is 5.54 Å². The summed E-state index contributed by atoms with van der Waals surface area (Å²) in [6.07, 6.45) is 0. The highest BCUT2D eigenvalue weighted by Crippen LogP contribution is 2.05. The minimum atomic E-state index is -1.58. The maximum Gasteiger partial charge on any atom is 0.264 e. The summed E-state index contributed by atoms with van der Waals surface area (Å²) in [6.45, 7) is 4.13. The lowest BCUT2D eigenvalue weighted by molar-refractivity contribution is -0.572. The first-order valence-electron chi connectivity index (χ1n) is 5.26. The van der Waals surface area contributed by atoms with Crippen LogP contribution in [0.4, 0.5) is 0 Å². The molecule has 0 aliphatic carbocycles. The molecule has 0 heterocycles. The van der Waals surface area contributed by atoms with Gasteiger partial charge in [-0.25, -0.2) is 0 Å². The normalized spacial score (nSPS) is 10.4. The van der Waals surface area contributed by atoms with E-state index in [2.05, 4.69) is 38.1 Å². The van der Waals surface area contributed by atoms with Gasteiger partial charge < -0.3 is 10.2 Å². The fourth-order valence-electron chi connectivity index (χ4n) is 0.828. The lowest BCUT2D eigenvalue weighted by Gasteiger charge is -2.13. The van der Waals surface area contributed by atoms with Crippen LogP contribution < -0.4 is 0 Å². The third-order valence-corrected chi connectivity index (χ3v) is 2.55. The van der Waals surface area contributed by atoms with Gasteiger partial charge in [0, 0.05) is 11.8 Å². The predicted octanol–water partition coefficient (Wildman–Crippen LogP) is 1.31. The minimum absolute atomic E-state index is 0.642. The fraction of sp³-hybridized carbons (Fsp3) is 0.500. The van der Waals surface area contributed by atoms with E-state index < -0.39 is 23.7 Å². The SMILES string of the molecule is CC(CO)(CO)[N+](=O)[O-].Cc1ccccc1C. The molecule has 0 aliphatic rings. The standard InChI is InChI=1S/C8H10.C4H9NO4/c1-7-5-3-4-6-8(7)2;1-4(2-6,3-7)5(8)9/h3-6H,1-2H3;6-7H,2-3H2,1H3. The molecule has 0 aliphatic heterocycles. The second kappa shape index (κ2) is 6.98. The number of nitro groups is 1. The zero-order valence-electron chi connectivity index (χ0n) is 10.4. The predicted molar refractivity (Wildman–Crippen MR) is 65.5 cm³/mol. The third kappa shape index (κ3) is 4.93. The van der Waals surface area contributed by atoms with Gasteiger partial charge in [-0.1, -0.05) is 24.3 Å². The van der Waals surface area contributed by atoms with Crippen molar-refractivity contribution in [3.63, 3.8) is 0 Å². The van der Waals surface area contributed by atoms with E-state index in [1.165, 1.54) is 18.1 Å². The zero-order chi connectivity index (χ0) is 13.5. The van der Waals surface area contributed by atoms with Gasteiger partial charge in [-0.3, -0.25) is 10.1 Å². The van der Waals surface area contributed by atoms with Gasteiger partial charge in [-0.2, -0.15) is 0 Å². The van der Waals surface area contributed by atoms with E-state index in [4.69, 9.17) is 10.2 Å². The highest BCUT2D eigenvalue weighted by molar-refractivity contribution is 5.23. The van der Waals surface area contributed by atoms with Gasteiger partial charge >= 0.3 is 0 Å². The second-order valence-electron chi connectivity index (χ2n) is 4.15. The van der Waals surface area contributed by atoms with Crippen LogP contribution in [-0.2, 0) is 0 Å². The van der Waals surface area contributed by atoms with Gasteiger partial charge in [0.05, 0.1) is 0 Å². The summed E-state index contributed by atoms with van der Waals surface area (Å²) < 4.78 is 0. The average molecular weight is 241 g/mol. The van der Waals surface area contributed by atoms with Crippen LogP contribution in [0.3, 0.4) is 0 Å². The number of rotatable bonds is 3. The number of hydrogen-bond donors (Lipinski definition) is 2. The number of nitrogens with zero attached hydrogens (tertiary/aromatic N) is 1. The summed E-state index contributed by atoms with van der Waals surface area (Å²) in [7, 11) is 0. The Hall–Kier alpha value is -1.46. The molecule has 1 aromatic carbocycles. The van der Waals surface area contributed by atoms with Gasteiger partial charge in [0.15, 0.2) is 0 Å². The molecule has 1 aromatic rings. The summed E-state index contributed by atoms with van der Waals surface area (Å²) in [5, 5.41) is 26.7. The van der Waals surface area contributed by atoms with E-state index in [0.29, 0.717) is 0 Å². The Labute approximate surface area is 101 Å². The molecule has 0 amide bonds. The van der Waals surface area contributed by atoms with Crippen molar-refractivity contribution in [2.75, 3.05) is 13.2 Å². The molecule has 0 spiro atoms. The molecule has 0 saturated heterocycles. The zero-order valence-corrected chi connectivity index (χ0v) is 10.4. The molecule has 0 bridgehead atoms. The Morgan fingerprint density at radius 3 is 1.65 bits per heavy atom. The molecule has 1 rings (SSSR count). The van der Waals surface area contributed by atoms with Gasteiger partial charge in [-0.15, -0.1) is 0 Å². The van der Waals surface area contributed by atoms with Crippen molar-refractivity contribution in [1.82, 2.24) is 0 Å². The fourth-order valence-corrected chi connectivity index (χ4v) is 0.828. The number of benzene rings is 1. The molecule has 0 radical (unpaired) electrons. The van der Waals surface area contributed by atoms with E-state index in [0.717, 1.165) is 0 Å². The first-order chi connectivity index (χ1) is 7.87. The summed E-state index contributed by atoms with van der Waals surface area (Å²) in [5.41, 5.74) is 1.15. The first-order valence-corrected chi connectivity index (χ1v) is 5.26. The van der Waals surface area contributed by atoms with E-state index >= 15 is 0 Å². The van der Waals surface area contributed by atoms with Crippen LogP contribution in [0, 0.1) is 24.0 Å². The molecule has 5 nitrogen and oxygen atoms in total. The van der Waals surface area contributed by atoms with Crippen molar-refractivity contribution >= 4 is 0 Å². The van der Waals surface area contributed by atoms with Crippen LogP contribution in [0.15, 0.2) is 24.3 Å². The second-order valence-corrected chi connectivity index (χ2v) is 4.15. The lowest BCUT2D eigenvalue weighted by Crippen LogP contribution is -2.42. The van der Waals surface area contributed by atoms with Gasteiger partial charge in [0.2, 0.25) is 0 Å². The van der Waals surface area contributed by atoms with E-state index in [9.17, 15) is 10.1 Å². The Morgan fingerprint density at radius 1 is 1.18 bits per heavy atom. The molecule has 96 valence electrons. The van der Waals surface area contributed by atoms with Gasteiger partial charge in [-0.05, 0) is 25.0 Å². The summed E-state index contributed by atoms with van der Waals surface area (Å²) in [6, 6.07) is 8.36. The Kier molecular flexibility index (Phi) is 6.38. The smallest absolute Gasteiger partial charge is 0.264 e. The topological polar surface area (TPSA) is 83.6 Å². The summed E-state index contributed by atoms with van der Waals surface area (Å²) >= 11 is 0. The molecule has 5 heteroatoms. The molecule has 0 unspecified atom stereocenters. The minimum Gasteiger partial charge on any atom is -0.389 e. The molecular formula is C12H19NO4. The van der Waals surface area contributed by atoms with E-state index in [1.54, 1.807) is 0 Å². The van der Waals surface area contributed by atoms with Crippen molar-refractivity contribution in [3.05, 3.63) is 45.5 Å². The van der Waals surface area contributed by atoms with Crippen molar-refractivity contribution in [1.29, 1.82) is 0 Å². The Balaban J connectivity index is 0.000000302. The largest absolute Gasteiger partial charge is 0.389 e. The number of aliphatic hydroxyl groups is 2. The van der Waals surface area contributed by atoms with Crippen LogP contribution in [0.1, 0.15) is 18.1 Å². The number of aliphatic hydroxyl groups excluding tert-OH is 2.